The zero-order valence-corrected chi connectivity index (χ0v) is 31.9. The number of ether oxygens (including phenoxy) is 2. The van der Waals surface area contributed by atoms with Gasteiger partial charge in [-0.2, -0.15) is 0 Å². The fourth-order valence-corrected chi connectivity index (χ4v) is 5.77. The average molecular weight is 751 g/mol. The number of nitrogens with one attached hydrogen (secondary N) is 2. The molecule has 3 atom stereocenters. The second kappa shape index (κ2) is 19.2. The van der Waals surface area contributed by atoms with E-state index >= 15 is 0 Å². The molecular weight excluding hydrogens is 700 g/mol. The highest BCUT2D eigenvalue weighted by Crippen LogP contribution is 2.21. The summed E-state index contributed by atoms with van der Waals surface area (Å²) in [5.41, 5.74) is 7.34. The van der Waals surface area contributed by atoms with Crippen LogP contribution in [0.1, 0.15) is 68.1 Å². The fraction of sp³-hybridized carbons (Fsp3) is 0.326. The molecule has 4 aromatic carbocycles. The normalized spacial score (nSPS) is 12.8. The van der Waals surface area contributed by atoms with Gasteiger partial charge in [-0.3, -0.25) is 19.3 Å². The van der Waals surface area contributed by atoms with Gasteiger partial charge in [0.05, 0.1) is 0 Å². The lowest BCUT2D eigenvalue weighted by Gasteiger charge is -2.34. The van der Waals surface area contributed by atoms with Crippen LogP contribution < -0.4 is 16.4 Å². The molecule has 12 nitrogen and oxygen atoms in total. The standard InChI is InChI=1S/C43H50N4O8/c1-28(2)24-36(41(52)54-27-31-14-10-7-11-15-31)45-38(49)37(26-29-12-8-6-9-13-29)47(39(50)32-18-20-33(44)21-19-32)40(51)35(46-42(53)55-43(3,4)5)25-30-16-22-34(48)23-17-30/h6-23,28,35-37,48H,24-27,44H2,1-5H3,(H,45,49)(H,46,53)/t35-,36-,37-/m0/s1. The summed E-state index contributed by atoms with van der Waals surface area (Å²) in [7, 11) is 0. The number of nitrogen functional groups attached to an aromatic ring is 1. The highest BCUT2D eigenvalue weighted by molar-refractivity contribution is 6.10. The van der Waals surface area contributed by atoms with Crippen LogP contribution in [-0.4, -0.2) is 63.5 Å². The summed E-state index contributed by atoms with van der Waals surface area (Å²) < 4.78 is 11.1. The van der Waals surface area contributed by atoms with Crippen LogP contribution in [0.2, 0.25) is 0 Å². The van der Waals surface area contributed by atoms with Crippen molar-refractivity contribution in [3.05, 3.63) is 131 Å². The van der Waals surface area contributed by atoms with Gasteiger partial charge in [-0.05, 0) is 86.2 Å². The maximum atomic E-state index is 15.0. The Morgan fingerprint density at radius 2 is 1.29 bits per heavy atom. The number of hydrogen-bond donors (Lipinski definition) is 4. The van der Waals surface area contributed by atoms with Crippen molar-refractivity contribution in [1.82, 2.24) is 15.5 Å². The number of anilines is 1. The average Bonchev–Trinajstić information content (AvgIpc) is 3.14. The Bertz CT molecular complexity index is 1890. The van der Waals surface area contributed by atoms with E-state index in [9.17, 15) is 29.1 Å². The van der Waals surface area contributed by atoms with Gasteiger partial charge in [-0.15, -0.1) is 0 Å². The highest BCUT2D eigenvalue weighted by atomic mass is 16.6. The van der Waals surface area contributed by atoms with E-state index in [1.807, 2.05) is 44.2 Å². The minimum absolute atomic E-state index is 0.00951. The van der Waals surface area contributed by atoms with Crippen LogP contribution in [0.15, 0.2) is 109 Å². The van der Waals surface area contributed by atoms with Crippen LogP contribution in [-0.2, 0) is 43.3 Å². The third-order valence-electron chi connectivity index (χ3n) is 8.40. The summed E-state index contributed by atoms with van der Waals surface area (Å²) in [5, 5.41) is 15.3. The number of esters is 1. The summed E-state index contributed by atoms with van der Waals surface area (Å²) >= 11 is 0. The fourth-order valence-electron chi connectivity index (χ4n) is 5.77. The van der Waals surface area contributed by atoms with E-state index in [0.29, 0.717) is 16.8 Å². The number of imide groups is 1. The van der Waals surface area contributed by atoms with E-state index in [2.05, 4.69) is 10.6 Å². The molecule has 55 heavy (non-hydrogen) atoms. The summed E-state index contributed by atoms with van der Waals surface area (Å²) in [6.45, 7) is 8.76. The molecule has 0 heterocycles. The number of nitrogens with two attached hydrogens (primary N) is 1. The smallest absolute Gasteiger partial charge is 0.408 e. The molecule has 12 heteroatoms. The van der Waals surface area contributed by atoms with Crippen molar-refractivity contribution < 1.29 is 38.6 Å². The maximum Gasteiger partial charge on any atom is 0.408 e. The minimum Gasteiger partial charge on any atom is -0.508 e. The first kappa shape index (κ1) is 41.6. The molecule has 0 unspecified atom stereocenters. The van der Waals surface area contributed by atoms with E-state index in [4.69, 9.17) is 15.2 Å². The molecule has 0 radical (unpaired) electrons. The lowest BCUT2D eigenvalue weighted by atomic mass is 9.98. The third kappa shape index (κ3) is 13.0. The predicted molar refractivity (Wildman–Crippen MR) is 209 cm³/mol. The SMILES string of the molecule is CC(C)C[C@H](NC(=O)[C@H](Cc1ccccc1)N(C(=O)c1ccc(N)cc1)C(=O)[C@H](Cc1ccc(O)cc1)NC(=O)OC(C)(C)C)C(=O)OCc1ccccc1. The maximum absolute atomic E-state index is 15.0. The zero-order chi connectivity index (χ0) is 40.1. The number of hydrogen-bond acceptors (Lipinski definition) is 9. The van der Waals surface area contributed by atoms with Gasteiger partial charge in [-0.25, -0.2) is 9.59 Å². The first-order valence-electron chi connectivity index (χ1n) is 18.1. The molecule has 0 spiro atoms. The van der Waals surface area contributed by atoms with Crippen LogP contribution in [0.25, 0.3) is 0 Å². The number of benzene rings is 4. The predicted octanol–water partition coefficient (Wildman–Crippen LogP) is 5.96. The van der Waals surface area contributed by atoms with Crippen molar-refractivity contribution in [3.8, 4) is 5.75 Å². The molecule has 0 fully saturated rings. The molecule has 0 saturated carbocycles. The van der Waals surface area contributed by atoms with Crippen molar-refractivity contribution in [2.45, 2.75) is 84.2 Å². The van der Waals surface area contributed by atoms with E-state index in [0.717, 1.165) is 10.5 Å². The van der Waals surface area contributed by atoms with Gasteiger partial charge >= 0.3 is 12.1 Å². The van der Waals surface area contributed by atoms with Crippen LogP contribution in [0.4, 0.5) is 10.5 Å². The molecular formula is C43H50N4O8. The number of amides is 4. The van der Waals surface area contributed by atoms with Crippen molar-refractivity contribution >= 4 is 35.5 Å². The summed E-state index contributed by atoms with van der Waals surface area (Å²) in [4.78, 5) is 71.9. The van der Waals surface area contributed by atoms with Gasteiger partial charge in [0.25, 0.3) is 11.8 Å². The molecule has 0 saturated heterocycles. The minimum atomic E-state index is -1.51. The summed E-state index contributed by atoms with van der Waals surface area (Å²) in [6.07, 6.45) is -0.983. The summed E-state index contributed by atoms with van der Waals surface area (Å²) in [5.74, 6) is -3.28. The van der Waals surface area contributed by atoms with Crippen molar-refractivity contribution in [1.29, 1.82) is 0 Å². The third-order valence-corrected chi connectivity index (χ3v) is 8.40. The number of rotatable bonds is 15. The molecule has 4 amide bonds. The largest absolute Gasteiger partial charge is 0.508 e. The van der Waals surface area contributed by atoms with Crippen LogP contribution >= 0.6 is 0 Å². The molecule has 290 valence electrons. The Morgan fingerprint density at radius 3 is 1.85 bits per heavy atom. The number of phenolic OH excluding ortho intramolecular Hbond substituents is 1. The molecule has 4 aromatic rings. The first-order valence-corrected chi connectivity index (χ1v) is 18.1. The lowest BCUT2D eigenvalue weighted by Crippen LogP contribution is -2.60. The highest BCUT2D eigenvalue weighted by Gasteiger charge is 2.41. The second-order valence-corrected chi connectivity index (χ2v) is 14.7. The van der Waals surface area contributed by atoms with Crippen LogP contribution in [0.3, 0.4) is 0 Å². The number of nitrogens with zero attached hydrogens (tertiary/aromatic N) is 1. The van der Waals surface area contributed by atoms with Gasteiger partial charge in [0.15, 0.2) is 0 Å². The summed E-state index contributed by atoms with van der Waals surface area (Å²) in [6, 6.07) is 25.7. The first-order chi connectivity index (χ1) is 26.1. The monoisotopic (exact) mass is 750 g/mol. The van der Waals surface area contributed by atoms with E-state index in [1.54, 1.807) is 63.2 Å². The number of phenols is 1. The van der Waals surface area contributed by atoms with Crippen molar-refractivity contribution in [3.63, 3.8) is 0 Å². The number of alkyl carbamates (subject to hydrolysis) is 1. The Balaban J connectivity index is 1.80. The lowest BCUT2D eigenvalue weighted by molar-refractivity contribution is -0.150. The van der Waals surface area contributed by atoms with Crippen LogP contribution in [0, 0.1) is 5.92 Å². The number of carbonyl (C=O) groups is 5. The van der Waals surface area contributed by atoms with Gasteiger partial charge in [0.1, 0.15) is 36.1 Å². The Labute approximate surface area is 322 Å². The van der Waals surface area contributed by atoms with E-state index in [1.165, 1.54) is 36.4 Å². The number of carbonyl (C=O) groups excluding carboxylic acids is 5. The van der Waals surface area contributed by atoms with Gasteiger partial charge < -0.3 is 30.9 Å². The Hall–Kier alpha value is -6.17. The topological polar surface area (TPSA) is 177 Å². The second-order valence-electron chi connectivity index (χ2n) is 14.7. The zero-order valence-electron chi connectivity index (χ0n) is 31.9. The molecule has 0 aliphatic rings. The van der Waals surface area contributed by atoms with Crippen molar-refractivity contribution in [2.24, 2.45) is 5.92 Å². The van der Waals surface area contributed by atoms with E-state index in [-0.39, 0.29) is 43.1 Å². The Kier molecular flexibility index (Phi) is 14.5. The Morgan fingerprint density at radius 1 is 0.727 bits per heavy atom. The molecule has 5 N–H and O–H groups in total. The van der Waals surface area contributed by atoms with Crippen LogP contribution in [0.5, 0.6) is 5.75 Å². The quantitative estimate of drug-likeness (QED) is 0.0843. The number of aromatic hydroxyl groups is 1. The molecule has 4 rings (SSSR count). The molecule has 0 bridgehead atoms. The molecule has 0 aliphatic heterocycles. The van der Waals surface area contributed by atoms with Crippen molar-refractivity contribution in [2.75, 3.05) is 5.73 Å². The molecule has 0 aromatic heterocycles. The van der Waals surface area contributed by atoms with E-state index < -0.39 is 53.5 Å². The molecule has 0 aliphatic carbocycles. The van der Waals surface area contributed by atoms with Gasteiger partial charge in [0, 0.05) is 24.1 Å². The van der Waals surface area contributed by atoms with Gasteiger partial charge in [0.2, 0.25) is 5.91 Å². The van der Waals surface area contributed by atoms with Gasteiger partial charge in [-0.1, -0.05) is 86.6 Å².